The number of ether oxygens (including phenoxy) is 2. The maximum absolute atomic E-state index is 8.71. The van der Waals surface area contributed by atoms with Gasteiger partial charge in [0.05, 0.1) is 19.8 Å². The molecule has 1 heterocycles. The van der Waals surface area contributed by atoms with Crippen molar-refractivity contribution in [3.8, 4) is 11.8 Å². The first-order chi connectivity index (χ1) is 7.15. The molecule has 0 aliphatic carbocycles. The number of hydrogen-bond acceptors (Lipinski definition) is 6. The van der Waals surface area contributed by atoms with Crippen LogP contribution in [0, 0.1) is 0 Å². The van der Waals surface area contributed by atoms with Gasteiger partial charge in [0.1, 0.15) is 6.61 Å². The van der Waals surface area contributed by atoms with Gasteiger partial charge in [0.2, 0.25) is 17.7 Å². The molecule has 6 nitrogen and oxygen atoms in total. The van der Waals surface area contributed by atoms with Crippen molar-refractivity contribution in [3.05, 3.63) is 18.2 Å². The van der Waals surface area contributed by atoms with Gasteiger partial charge in [-0.25, -0.2) is 0 Å². The topological polar surface area (TPSA) is 90.5 Å². The third-order valence-corrected chi connectivity index (χ3v) is 1.55. The Hall–Kier alpha value is -1.82. The normalized spacial score (nSPS) is 9.73. The van der Waals surface area contributed by atoms with E-state index >= 15 is 0 Å². The summed E-state index contributed by atoms with van der Waals surface area (Å²) >= 11 is 0. The molecular formula is C9H13N3O3. The van der Waals surface area contributed by atoms with Gasteiger partial charge >= 0.3 is 0 Å². The van der Waals surface area contributed by atoms with E-state index in [2.05, 4.69) is 16.5 Å². The van der Waals surface area contributed by atoms with Crippen LogP contribution in [0.4, 0.5) is 5.95 Å². The standard InChI is InChI=1S/C9H13N3O3/c1-6(4-13)5-15-8-3-7(14-2)11-9(10)12-8/h3,13H,1,4-5H2,2H3,(H2,10,11,12). The summed E-state index contributed by atoms with van der Waals surface area (Å²) in [6, 6.07) is 1.50. The highest BCUT2D eigenvalue weighted by Crippen LogP contribution is 2.16. The molecule has 0 saturated heterocycles. The van der Waals surface area contributed by atoms with Crippen molar-refractivity contribution in [2.75, 3.05) is 26.1 Å². The van der Waals surface area contributed by atoms with Crippen molar-refractivity contribution >= 4 is 5.95 Å². The van der Waals surface area contributed by atoms with Crippen LogP contribution < -0.4 is 15.2 Å². The average molecular weight is 211 g/mol. The highest BCUT2D eigenvalue weighted by atomic mass is 16.5. The summed E-state index contributed by atoms with van der Waals surface area (Å²) in [5, 5.41) is 8.71. The van der Waals surface area contributed by atoms with Crippen LogP contribution in [-0.4, -0.2) is 35.4 Å². The van der Waals surface area contributed by atoms with E-state index in [0.717, 1.165) is 0 Å². The molecule has 0 aliphatic rings. The number of aromatic nitrogens is 2. The third kappa shape index (κ3) is 3.43. The van der Waals surface area contributed by atoms with Crippen LogP contribution in [-0.2, 0) is 0 Å². The van der Waals surface area contributed by atoms with Crippen molar-refractivity contribution < 1.29 is 14.6 Å². The number of nitrogens with two attached hydrogens (primary N) is 1. The van der Waals surface area contributed by atoms with Crippen LogP contribution in [0.5, 0.6) is 11.8 Å². The van der Waals surface area contributed by atoms with E-state index in [1.54, 1.807) is 0 Å². The Morgan fingerprint density at radius 3 is 2.80 bits per heavy atom. The van der Waals surface area contributed by atoms with E-state index < -0.39 is 0 Å². The number of methoxy groups -OCH3 is 1. The van der Waals surface area contributed by atoms with Crippen LogP contribution in [0.3, 0.4) is 0 Å². The molecule has 0 fully saturated rings. The molecule has 82 valence electrons. The first kappa shape index (κ1) is 11.3. The number of anilines is 1. The maximum atomic E-state index is 8.71. The van der Waals surface area contributed by atoms with Crippen molar-refractivity contribution in [2.24, 2.45) is 0 Å². The number of rotatable bonds is 5. The highest BCUT2D eigenvalue weighted by Gasteiger charge is 2.03. The molecule has 0 spiro atoms. The fourth-order valence-electron chi connectivity index (χ4n) is 0.821. The minimum absolute atomic E-state index is 0.0685. The van der Waals surface area contributed by atoms with Gasteiger partial charge in [0.15, 0.2) is 0 Å². The monoisotopic (exact) mass is 211 g/mol. The molecule has 0 bridgehead atoms. The van der Waals surface area contributed by atoms with Gasteiger partial charge in [-0.3, -0.25) is 0 Å². The molecule has 0 saturated carbocycles. The van der Waals surface area contributed by atoms with Gasteiger partial charge in [-0.05, 0) is 5.57 Å². The van der Waals surface area contributed by atoms with Crippen LogP contribution in [0.25, 0.3) is 0 Å². The molecule has 0 aromatic carbocycles. The van der Waals surface area contributed by atoms with E-state index in [1.165, 1.54) is 13.2 Å². The molecule has 15 heavy (non-hydrogen) atoms. The number of hydrogen-bond donors (Lipinski definition) is 2. The summed E-state index contributed by atoms with van der Waals surface area (Å²) in [6.45, 7) is 3.62. The van der Waals surface area contributed by atoms with Gasteiger partial charge < -0.3 is 20.3 Å². The molecule has 1 rings (SSSR count). The minimum atomic E-state index is -0.127. The lowest BCUT2D eigenvalue weighted by molar-refractivity contribution is 0.282. The van der Waals surface area contributed by atoms with Crippen molar-refractivity contribution in [2.45, 2.75) is 0 Å². The first-order valence-electron chi connectivity index (χ1n) is 4.24. The first-order valence-corrected chi connectivity index (χ1v) is 4.24. The van der Waals surface area contributed by atoms with E-state index in [9.17, 15) is 0 Å². The molecule has 3 N–H and O–H groups in total. The van der Waals surface area contributed by atoms with Crippen LogP contribution in [0.15, 0.2) is 18.2 Å². The van der Waals surface area contributed by atoms with Crippen LogP contribution >= 0.6 is 0 Å². The Kier molecular flexibility index (Phi) is 3.87. The maximum Gasteiger partial charge on any atom is 0.226 e. The van der Waals surface area contributed by atoms with E-state index in [0.29, 0.717) is 11.5 Å². The molecule has 0 radical (unpaired) electrons. The molecular weight excluding hydrogens is 198 g/mol. The summed E-state index contributed by atoms with van der Waals surface area (Å²) in [5.41, 5.74) is 5.97. The SMILES string of the molecule is C=C(CO)COc1cc(OC)nc(N)n1. The third-order valence-electron chi connectivity index (χ3n) is 1.55. The quantitative estimate of drug-likeness (QED) is 0.666. The molecule has 1 aromatic heterocycles. The van der Waals surface area contributed by atoms with E-state index in [-0.39, 0.29) is 25.0 Å². The fourth-order valence-corrected chi connectivity index (χ4v) is 0.821. The zero-order valence-electron chi connectivity index (χ0n) is 8.43. The minimum Gasteiger partial charge on any atom is -0.481 e. The van der Waals surface area contributed by atoms with E-state index in [1.807, 2.05) is 0 Å². The van der Waals surface area contributed by atoms with Gasteiger partial charge in [-0.1, -0.05) is 6.58 Å². The van der Waals surface area contributed by atoms with Crippen LogP contribution in [0.1, 0.15) is 0 Å². The average Bonchev–Trinajstić information content (AvgIpc) is 2.25. The summed E-state index contributed by atoms with van der Waals surface area (Å²) < 4.78 is 10.1. The number of nitrogens with zero attached hydrogens (tertiary/aromatic N) is 2. The second-order valence-corrected chi connectivity index (χ2v) is 2.80. The molecule has 0 amide bonds. The Balaban J connectivity index is 2.68. The lowest BCUT2D eigenvalue weighted by Gasteiger charge is -2.07. The summed E-state index contributed by atoms with van der Waals surface area (Å²) in [5.74, 6) is 0.681. The number of nitrogen functional groups attached to an aromatic ring is 1. The lowest BCUT2D eigenvalue weighted by atomic mass is 10.3. The largest absolute Gasteiger partial charge is 0.481 e. The predicted octanol–water partition coefficient (Wildman–Crippen LogP) is -0.00530. The van der Waals surface area contributed by atoms with Crippen LogP contribution in [0.2, 0.25) is 0 Å². The Bertz CT molecular complexity index is 354. The summed E-state index contributed by atoms with van der Waals surface area (Å²) in [7, 11) is 1.47. The van der Waals surface area contributed by atoms with Crippen molar-refractivity contribution in [1.82, 2.24) is 9.97 Å². The highest BCUT2D eigenvalue weighted by molar-refractivity contribution is 5.29. The second kappa shape index (κ2) is 5.16. The second-order valence-electron chi connectivity index (χ2n) is 2.80. The molecule has 6 heteroatoms. The van der Waals surface area contributed by atoms with Gasteiger partial charge in [-0.15, -0.1) is 0 Å². The van der Waals surface area contributed by atoms with E-state index in [4.69, 9.17) is 20.3 Å². The van der Waals surface area contributed by atoms with Gasteiger partial charge in [0.25, 0.3) is 0 Å². The van der Waals surface area contributed by atoms with Gasteiger partial charge in [-0.2, -0.15) is 9.97 Å². The fraction of sp³-hybridized carbons (Fsp3) is 0.333. The predicted molar refractivity (Wildman–Crippen MR) is 54.7 cm³/mol. The Morgan fingerprint density at radius 1 is 1.53 bits per heavy atom. The molecule has 1 aromatic rings. The van der Waals surface area contributed by atoms with Crippen molar-refractivity contribution in [3.63, 3.8) is 0 Å². The Morgan fingerprint density at radius 2 is 2.20 bits per heavy atom. The Labute approximate surface area is 87.4 Å². The summed E-state index contributed by atoms with van der Waals surface area (Å²) in [6.07, 6.45) is 0. The van der Waals surface area contributed by atoms with Gasteiger partial charge in [0, 0.05) is 0 Å². The lowest BCUT2D eigenvalue weighted by Crippen LogP contribution is -2.06. The number of aliphatic hydroxyl groups excluding tert-OH is 1. The molecule has 0 atom stereocenters. The zero-order valence-corrected chi connectivity index (χ0v) is 8.43. The zero-order chi connectivity index (χ0) is 11.3. The smallest absolute Gasteiger partial charge is 0.226 e. The number of aliphatic hydroxyl groups is 1. The molecule has 0 aliphatic heterocycles. The summed E-state index contributed by atoms with van der Waals surface area (Å²) in [4.78, 5) is 7.62. The molecule has 0 unspecified atom stereocenters. The van der Waals surface area contributed by atoms with Crippen molar-refractivity contribution in [1.29, 1.82) is 0 Å².